The second-order valence-corrected chi connectivity index (χ2v) is 7.68. The number of para-hydroxylation sites is 1. The summed E-state index contributed by atoms with van der Waals surface area (Å²) < 4.78 is 5.73. The molecule has 3 nitrogen and oxygen atoms in total. The Balaban J connectivity index is 1.11. The number of fused-ring (bicyclic) bond motifs is 1. The second-order valence-electron chi connectivity index (χ2n) is 7.68. The normalized spacial score (nSPS) is 23.5. The van der Waals surface area contributed by atoms with Crippen LogP contribution >= 0.6 is 0 Å². The smallest absolute Gasteiger partial charge is 0.119 e. The van der Waals surface area contributed by atoms with Crippen LogP contribution in [0.5, 0.6) is 5.75 Å². The van der Waals surface area contributed by atoms with Crippen molar-refractivity contribution in [2.24, 2.45) is 0 Å². The SMILES string of the molecule is c1ccc(OCCCCCCCCC[C@@H]2C[C@H]3CCCCN3O2)cc1. The summed E-state index contributed by atoms with van der Waals surface area (Å²) in [7, 11) is 0. The Hall–Kier alpha value is -1.06. The number of hydrogen-bond acceptors (Lipinski definition) is 3. The monoisotopic (exact) mass is 345 g/mol. The van der Waals surface area contributed by atoms with Gasteiger partial charge in [-0.05, 0) is 44.2 Å². The summed E-state index contributed by atoms with van der Waals surface area (Å²) in [4.78, 5) is 6.09. The number of benzene rings is 1. The van der Waals surface area contributed by atoms with E-state index < -0.39 is 0 Å². The molecule has 2 saturated heterocycles. The minimum absolute atomic E-state index is 0.512. The van der Waals surface area contributed by atoms with E-state index in [4.69, 9.17) is 9.57 Å². The van der Waals surface area contributed by atoms with Crippen molar-refractivity contribution in [3.8, 4) is 5.75 Å². The lowest BCUT2D eigenvalue weighted by atomic mass is 9.98. The Bertz CT molecular complexity index is 450. The molecular weight excluding hydrogens is 310 g/mol. The third-order valence-corrected chi connectivity index (χ3v) is 5.57. The Morgan fingerprint density at radius 2 is 1.68 bits per heavy atom. The highest BCUT2D eigenvalue weighted by atomic mass is 16.7. The zero-order valence-corrected chi connectivity index (χ0v) is 15.7. The Labute approximate surface area is 153 Å². The quantitative estimate of drug-likeness (QED) is 0.477. The van der Waals surface area contributed by atoms with E-state index in [1.165, 1.54) is 77.0 Å². The number of unbranched alkanes of at least 4 members (excludes halogenated alkanes) is 6. The van der Waals surface area contributed by atoms with E-state index in [1.807, 2.05) is 30.3 Å². The molecule has 1 aromatic carbocycles. The highest BCUT2D eigenvalue weighted by Gasteiger charge is 2.34. The average molecular weight is 346 g/mol. The van der Waals surface area contributed by atoms with Crippen LogP contribution < -0.4 is 4.74 Å². The maximum Gasteiger partial charge on any atom is 0.119 e. The molecule has 0 amide bonds. The highest BCUT2D eigenvalue weighted by Crippen LogP contribution is 2.31. The van der Waals surface area contributed by atoms with Gasteiger partial charge in [0.15, 0.2) is 0 Å². The van der Waals surface area contributed by atoms with Crippen molar-refractivity contribution in [1.82, 2.24) is 5.06 Å². The molecule has 140 valence electrons. The fourth-order valence-electron chi connectivity index (χ4n) is 4.12. The van der Waals surface area contributed by atoms with Crippen LogP contribution in [0.2, 0.25) is 0 Å². The van der Waals surface area contributed by atoms with Crippen molar-refractivity contribution >= 4 is 0 Å². The highest BCUT2D eigenvalue weighted by molar-refractivity contribution is 5.20. The topological polar surface area (TPSA) is 21.7 Å². The summed E-state index contributed by atoms with van der Waals surface area (Å²) in [5.41, 5.74) is 0. The molecule has 2 fully saturated rings. The maximum absolute atomic E-state index is 6.09. The van der Waals surface area contributed by atoms with Gasteiger partial charge in [-0.1, -0.05) is 63.1 Å². The fourth-order valence-corrected chi connectivity index (χ4v) is 4.12. The number of piperidine rings is 1. The van der Waals surface area contributed by atoms with E-state index in [0.717, 1.165) is 24.9 Å². The molecule has 3 rings (SSSR count). The average Bonchev–Trinajstić information content (AvgIpc) is 3.07. The van der Waals surface area contributed by atoms with Gasteiger partial charge in [-0.25, -0.2) is 0 Å². The minimum atomic E-state index is 0.512. The third kappa shape index (κ3) is 6.63. The first-order valence-electron chi connectivity index (χ1n) is 10.5. The van der Waals surface area contributed by atoms with Crippen molar-refractivity contribution in [2.45, 2.75) is 89.2 Å². The third-order valence-electron chi connectivity index (χ3n) is 5.57. The molecule has 25 heavy (non-hydrogen) atoms. The van der Waals surface area contributed by atoms with Crippen molar-refractivity contribution in [2.75, 3.05) is 13.2 Å². The van der Waals surface area contributed by atoms with Crippen LogP contribution in [0.15, 0.2) is 30.3 Å². The van der Waals surface area contributed by atoms with E-state index in [1.54, 1.807) is 0 Å². The van der Waals surface area contributed by atoms with Gasteiger partial charge in [0.1, 0.15) is 5.75 Å². The molecular formula is C22H35NO2. The van der Waals surface area contributed by atoms with Crippen molar-refractivity contribution < 1.29 is 9.57 Å². The molecule has 1 aromatic rings. The fraction of sp³-hybridized carbons (Fsp3) is 0.727. The summed E-state index contributed by atoms with van der Waals surface area (Å²) >= 11 is 0. The number of rotatable bonds is 11. The summed E-state index contributed by atoms with van der Waals surface area (Å²) in [6, 6.07) is 10.9. The Morgan fingerprint density at radius 3 is 2.48 bits per heavy atom. The summed E-state index contributed by atoms with van der Waals surface area (Å²) in [6.45, 7) is 2.01. The predicted octanol–water partition coefficient (Wildman–Crippen LogP) is 5.74. The van der Waals surface area contributed by atoms with E-state index in [-0.39, 0.29) is 0 Å². The van der Waals surface area contributed by atoms with Gasteiger partial charge in [-0.15, -0.1) is 0 Å². The number of nitrogens with zero attached hydrogens (tertiary/aromatic N) is 1. The van der Waals surface area contributed by atoms with Crippen LogP contribution in [0.3, 0.4) is 0 Å². The predicted molar refractivity (Wildman–Crippen MR) is 103 cm³/mol. The van der Waals surface area contributed by atoms with Crippen molar-refractivity contribution in [3.63, 3.8) is 0 Å². The molecule has 0 N–H and O–H groups in total. The van der Waals surface area contributed by atoms with Gasteiger partial charge in [0, 0.05) is 12.6 Å². The van der Waals surface area contributed by atoms with Crippen LogP contribution in [-0.2, 0) is 4.84 Å². The van der Waals surface area contributed by atoms with E-state index >= 15 is 0 Å². The van der Waals surface area contributed by atoms with Gasteiger partial charge in [0.2, 0.25) is 0 Å². The van der Waals surface area contributed by atoms with Crippen LogP contribution in [0.1, 0.15) is 77.0 Å². The lowest BCUT2D eigenvalue weighted by Crippen LogP contribution is -2.32. The van der Waals surface area contributed by atoms with E-state index in [9.17, 15) is 0 Å². The molecule has 2 aliphatic heterocycles. The Kier molecular flexibility index (Phi) is 8.11. The number of hydroxylamine groups is 2. The molecule has 0 radical (unpaired) electrons. The van der Waals surface area contributed by atoms with Crippen LogP contribution in [0.25, 0.3) is 0 Å². The molecule has 2 heterocycles. The first kappa shape index (κ1) is 18.7. The molecule has 0 unspecified atom stereocenters. The zero-order valence-electron chi connectivity index (χ0n) is 15.7. The summed E-state index contributed by atoms with van der Waals surface area (Å²) in [5, 5.41) is 2.28. The molecule has 2 aliphatic rings. The van der Waals surface area contributed by atoms with Crippen molar-refractivity contribution in [1.29, 1.82) is 0 Å². The van der Waals surface area contributed by atoms with Gasteiger partial charge in [-0.2, -0.15) is 5.06 Å². The van der Waals surface area contributed by atoms with Gasteiger partial charge >= 0.3 is 0 Å². The standard InChI is InChI=1S/C22H35NO2/c1(3-5-12-18-24-21-14-8-6-9-15-21)2-4-7-16-22-19-20-13-10-11-17-23(20)25-22/h6,8-9,14-15,20,22H,1-5,7,10-13,16-19H2/t20-,22-/m1/s1. The summed E-state index contributed by atoms with van der Waals surface area (Å²) in [5.74, 6) is 0.993. The molecule has 2 atom stereocenters. The van der Waals surface area contributed by atoms with Crippen LogP contribution in [0, 0.1) is 0 Å². The van der Waals surface area contributed by atoms with Crippen LogP contribution in [0.4, 0.5) is 0 Å². The minimum Gasteiger partial charge on any atom is -0.494 e. The number of hydrogen-bond donors (Lipinski definition) is 0. The van der Waals surface area contributed by atoms with Gasteiger partial charge < -0.3 is 4.74 Å². The molecule has 0 saturated carbocycles. The lowest BCUT2D eigenvalue weighted by molar-refractivity contribution is -0.172. The molecule has 0 aromatic heterocycles. The molecule has 0 aliphatic carbocycles. The molecule has 0 spiro atoms. The van der Waals surface area contributed by atoms with Crippen LogP contribution in [-0.4, -0.2) is 30.4 Å². The first-order valence-corrected chi connectivity index (χ1v) is 10.5. The van der Waals surface area contributed by atoms with E-state index in [0.29, 0.717) is 6.10 Å². The molecule has 0 bridgehead atoms. The number of ether oxygens (including phenoxy) is 1. The zero-order chi connectivity index (χ0) is 17.2. The van der Waals surface area contributed by atoms with Gasteiger partial charge in [-0.3, -0.25) is 4.84 Å². The molecule has 3 heteroatoms. The Morgan fingerprint density at radius 1 is 0.920 bits per heavy atom. The second kappa shape index (κ2) is 10.8. The van der Waals surface area contributed by atoms with E-state index in [2.05, 4.69) is 5.06 Å². The van der Waals surface area contributed by atoms with Gasteiger partial charge in [0.25, 0.3) is 0 Å². The maximum atomic E-state index is 6.09. The first-order chi connectivity index (χ1) is 12.4. The largest absolute Gasteiger partial charge is 0.494 e. The van der Waals surface area contributed by atoms with Crippen molar-refractivity contribution in [3.05, 3.63) is 30.3 Å². The van der Waals surface area contributed by atoms with Gasteiger partial charge in [0.05, 0.1) is 12.7 Å². The lowest BCUT2D eigenvalue weighted by Gasteiger charge is -2.26. The summed E-state index contributed by atoms with van der Waals surface area (Å²) in [6.07, 6.45) is 16.4.